The minimum Gasteiger partial charge on any atom is -0.507 e. The summed E-state index contributed by atoms with van der Waals surface area (Å²) in [6.45, 7) is -1.83. The zero-order chi connectivity index (χ0) is 30.5. The second-order valence-electron chi connectivity index (χ2n) is 10.5. The highest BCUT2D eigenvalue weighted by atomic mass is 32.2. The van der Waals surface area contributed by atoms with E-state index in [2.05, 4.69) is 20.3 Å². The first kappa shape index (κ1) is 31.0. The predicted octanol–water partition coefficient (Wildman–Crippen LogP) is 0.369. The van der Waals surface area contributed by atoms with Gasteiger partial charge in [0.2, 0.25) is 0 Å². The van der Waals surface area contributed by atoms with Crippen molar-refractivity contribution >= 4 is 21.7 Å². The molecule has 7 N–H and O–H groups in total. The number of nitrogens with one attached hydrogen (secondary N) is 3. The summed E-state index contributed by atoms with van der Waals surface area (Å²) in [6, 6.07) is 7.32. The van der Waals surface area contributed by atoms with Gasteiger partial charge in [0.1, 0.15) is 17.0 Å². The predicted molar refractivity (Wildman–Crippen MR) is 151 cm³/mol. The molecule has 0 saturated heterocycles. The van der Waals surface area contributed by atoms with Crippen LogP contribution in [0.5, 0.6) is 5.75 Å². The Morgan fingerprint density at radius 1 is 1.19 bits per heavy atom. The summed E-state index contributed by atoms with van der Waals surface area (Å²) in [6.07, 6.45) is 4.97. The lowest BCUT2D eigenvalue weighted by Crippen LogP contribution is -2.59. The smallest absolute Gasteiger partial charge is 0.343 e. The number of nitrogens with zero attached hydrogens (tertiary/aromatic N) is 2. The largest absolute Gasteiger partial charge is 0.507 e. The Labute approximate surface area is 242 Å². The topological polar surface area (TPSA) is 216 Å². The third-order valence-corrected chi connectivity index (χ3v) is 8.31. The van der Waals surface area contributed by atoms with Gasteiger partial charge in [0.05, 0.1) is 31.7 Å². The SMILES string of the molecule is Cn1cnc(S(=O)(=O)Nc2cccc(C(c3c(O)cc(CCCNC(=O)NC(CO)(CO)CO)oc3=O)C3CC3)c2)c1. The number of imidazole rings is 1. The summed E-state index contributed by atoms with van der Waals surface area (Å²) in [4.78, 5) is 29.0. The molecule has 1 aliphatic rings. The molecule has 14 nitrogen and oxygen atoms in total. The lowest BCUT2D eigenvalue weighted by molar-refractivity contribution is 0.0493. The second-order valence-corrected chi connectivity index (χ2v) is 12.1. The normalized spacial score (nSPS) is 14.4. The first-order valence-corrected chi connectivity index (χ1v) is 14.8. The molecule has 1 fully saturated rings. The van der Waals surface area contributed by atoms with Crippen molar-refractivity contribution in [3.05, 3.63) is 70.2 Å². The van der Waals surface area contributed by atoms with Crippen molar-refractivity contribution in [2.75, 3.05) is 31.1 Å². The Morgan fingerprint density at radius 3 is 2.50 bits per heavy atom. The van der Waals surface area contributed by atoms with E-state index in [9.17, 15) is 38.4 Å². The van der Waals surface area contributed by atoms with E-state index in [4.69, 9.17) is 4.42 Å². The van der Waals surface area contributed by atoms with Crippen LogP contribution < -0.4 is 21.0 Å². The summed E-state index contributed by atoms with van der Waals surface area (Å²) in [5.74, 6) is -0.462. The van der Waals surface area contributed by atoms with Gasteiger partial charge in [-0.2, -0.15) is 8.42 Å². The Bertz CT molecular complexity index is 1550. The molecule has 42 heavy (non-hydrogen) atoms. The minimum atomic E-state index is -3.93. The molecule has 4 rings (SSSR count). The van der Waals surface area contributed by atoms with Gasteiger partial charge in [-0.3, -0.25) is 4.72 Å². The van der Waals surface area contributed by atoms with Gasteiger partial charge in [0.25, 0.3) is 10.0 Å². The van der Waals surface area contributed by atoms with Gasteiger partial charge in [-0.1, -0.05) is 12.1 Å². The van der Waals surface area contributed by atoms with Gasteiger partial charge in [-0.15, -0.1) is 0 Å². The number of carbonyl (C=O) groups excluding carboxylic acids is 1. The molecule has 2 heterocycles. The van der Waals surface area contributed by atoms with Crippen LogP contribution in [0.2, 0.25) is 0 Å². The molecule has 0 radical (unpaired) electrons. The molecule has 1 aromatic carbocycles. The van der Waals surface area contributed by atoms with Crippen molar-refractivity contribution in [1.29, 1.82) is 0 Å². The van der Waals surface area contributed by atoms with Crippen LogP contribution in [0.4, 0.5) is 10.5 Å². The number of aromatic hydroxyl groups is 1. The number of hydrogen-bond donors (Lipinski definition) is 7. The van der Waals surface area contributed by atoms with Gasteiger partial charge in [0, 0.05) is 43.9 Å². The second kappa shape index (κ2) is 12.9. The lowest BCUT2D eigenvalue weighted by Gasteiger charge is -2.28. The van der Waals surface area contributed by atoms with Crippen LogP contribution >= 0.6 is 0 Å². The Kier molecular flexibility index (Phi) is 9.56. The number of aliphatic hydroxyl groups excluding tert-OH is 3. The molecular weight excluding hydrogens is 570 g/mol. The number of benzene rings is 1. The number of carbonyl (C=O) groups is 1. The summed E-state index contributed by atoms with van der Waals surface area (Å²) in [5.41, 5.74) is -1.23. The minimum absolute atomic E-state index is 0.0684. The van der Waals surface area contributed by atoms with Crippen LogP contribution in [0.25, 0.3) is 0 Å². The molecule has 3 aromatic rings. The Balaban J connectivity index is 1.45. The highest BCUT2D eigenvalue weighted by Crippen LogP contribution is 2.48. The highest BCUT2D eigenvalue weighted by molar-refractivity contribution is 7.92. The number of hydrogen-bond acceptors (Lipinski definition) is 10. The maximum Gasteiger partial charge on any atom is 0.343 e. The number of anilines is 1. The molecule has 2 aromatic heterocycles. The van der Waals surface area contributed by atoms with Crippen molar-refractivity contribution in [1.82, 2.24) is 20.2 Å². The zero-order valence-corrected chi connectivity index (χ0v) is 23.8. The fourth-order valence-electron chi connectivity index (χ4n) is 4.60. The van der Waals surface area contributed by atoms with Crippen molar-refractivity contribution in [3.8, 4) is 5.75 Å². The standard InChI is InChI=1S/C27H35N5O9S/c1-32-12-22(29-16-32)42(39,40)31-19-5-2-4-18(10-19)23(17-7-8-17)24-21(36)11-20(41-25(24)37)6-3-9-28-26(38)30-27(13-33,14-34)15-35/h2,4-5,10-12,16-17,23,31,33-36H,3,6-9,13-15H2,1H3,(H2,28,30,38). The van der Waals surface area contributed by atoms with Crippen LogP contribution in [0, 0.1) is 5.92 Å². The van der Waals surface area contributed by atoms with E-state index in [-0.39, 0.29) is 46.7 Å². The molecule has 2 amide bonds. The first-order chi connectivity index (χ1) is 20.0. The average Bonchev–Trinajstić information content (AvgIpc) is 3.69. The van der Waals surface area contributed by atoms with E-state index in [0.717, 1.165) is 12.8 Å². The van der Waals surface area contributed by atoms with Gasteiger partial charge < -0.3 is 40.0 Å². The van der Waals surface area contributed by atoms with E-state index in [1.807, 2.05) is 0 Å². The van der Waals surface area contributed by atoms with E-state index in [1.165, 1.54) is 23.2 Å². The van der Waals surface area contributed by atoms with Crippen molar-refractivity contribution in [3.63, 3.8) is 0 Å². The Hall–Kier alpha value is -3.92. The fraction of sp³-hybridized carbons (Fsp3) is 0.444. The first-order valence-electron chi connectivity index (χ1n) is 13.4. The van der Waals surface area contributed by atoms with Gasteiger partial charge in [0.15, 0.2) is 5.03 Å². The summed E-state index contributed by atoms with van der Waals surface area (Å²) >= 11 is 0. The van der Waals surface area contributed by atoms with Gasteiger partial charge >= 0.3 is 11.7 Å². The summed E-state index contributed by atoms with van der Waals surface area (Å²) < 4.78 is 35.1. The molecule has 0 spiro atoms. The van der Waals surface area contributed by atoms with Crippen LogP contribution in [0.3, 0.4) is 0 Å². The van der Waals surface area contributed by atoms with Crippen LogP contribution in [-0.4, -0.2) is 76.3 Å². The molecule has 15 heteroatoms. The molecule has 1 aliphatic carbocycles. The van der Waals surface area contributed by atoms with Crippen LogP contribution in [0.1, 0.15) is 42.1 Å². The highest BCUT2D eigenvalue weighted by Gasteiger charge is 2.37. The summed E-state index contributed by atoms with van der Waals surface area (Å²) in [5, 5.41) is 43.6. The molecule has 1 atom stereocenters. The van der Waals surface area contributed by atoms with Crippen molar-refractivity contribution < 1.29 is 38.1 Å². The number of urea groups is 1. The molecule has 0 aliphatic heterocycles. The monoisotopic (exact) mass is 605 g/mol. The van der Waals surface area contributed by atoms with Gasteiger partial charge in [-0.05, 0) is 42.9 Å². The molecule has 1 saturated carbocycles. The third-order valence-electron chi connectivity index (χ3n) is 7.05. The molecule has 0 bridgehead atoms. The van der Waals surface area contributed by atoms with Crippen molar-refractivity contribution in [2.24, 2.45) is 13.0 Å². The van der Waals surface area contributed by atoms with Crippen molar-refractivity contribution in [2.45, 2.75) is 42.2 Å². The number of aromatic nitrogens is 2. The maximum absolute atomic E-state index is 13.1. The van der Waals surface area contributed by atoms with E-state index >= 15 is 0 Å². The molecular formula is C27H35N5O9S. The zero-order valence-electron chi connectivity index (χ0n) is 23.0. The third kappa shape index (κ3) is 7.28. The molecule has 1 unspecified atom stereocenters. The number of aryl methyl sites for hydroxylation is 2. The van der Waals surface area contributed by atoms with Crippen LogP contribution in [-0.2, 0) is 23.5 Å². The van der Waals surface area contributed by atoms with E-state index in [0.29, 0.717) is 12.0 Å². The average molecular weight is 606 g/mol. The number of rotatable bonds is 14. The van der Waals surface area contributed by atoms with E-state index < -0.39 is 53.0 Å². The maximum atomic E-state index is 13.1. The van der Waals surface area contributed by atoms with Crippen LogP contribution in [0.15, 0.2) is 57.1 Å². The van der Waals surface area contributed by atoms with Gasteiger partial charge in [-0.25, -0.2) is 14.6 Å². The number of aliphatic hydroxyl groups is 3. The summed E-state index contributed by atoms with van der Waals surface area (Å²) in [7, 11) is -2.27. The number of sulfonamides is 1. The fourth-order valence-corrected chi connectivity index (χ4v) is 5.63. The Morgan fingerprint density at radius 2 is 1.90 bits per heavy atom. The number of amides is 2. The lowest BCUT2D eigenvalue weighted by atomic mass is 9.87. The van der Waals surface area contributed by atoms with E-state index in [1.54, 1.807) is 31.3 Å². The molecule has 228 valence electrons. The quantitative estimate of drug-likeness (QED) is 0.125.